The van der Waals surface area contributed by atoms with Gasteiger partial charge in [-0.3, -0.25) is 4.79 Å². The number of carbonyl (C=O) groups is 1. The molecule has 1 aromatic carbocycles. The van der Waals surface area contributed by atoms with Crippen LogP contribution in [0.3, 0.4) is 0 Å². The van der Waals surface area contributed by atoms with E-state index >= 15 is 0 Å². The molecule has 0 amide bonds. The number of likely N-dealkylation sites (tertiary alicyclic amines) is 1. The minimum Gasteiger partial charge on any atom is -0.303 e. The monoisotopic (exact) mass is 245 g/mol. The Morgan fingerprint density at radius 2 is 1.94 bits per heavy atom. The van der Waals surface area contributed by atoms with Gasteiger partial charge in [-0.15, -0.1) is 0 Å². The SMILES string of the molecule is Cc1ccc(C(=O)C(C)CN2CCCC2)c(C)c1. The first-order chi connectivity index (χ1) is 8.58. The van der Waals surface area contributed by atoms with Crippen LogP contribution < -0.4 is 0 Å². The molecule has 0 saturated carbocycles. The van der Waals surface area contributed by atoms with Gasteiger partial charge in [-0.05, 0) is 45.3 Å². The molecule has 0 radical (unpaired) electrons. The lowest BCUT2D eigenvalue weighted by molar-refractivity contribution is 0.0902. The molecule has 1 aliphatic heterocycles. The zero-order valence-corrected chi connectivity index (χ0v) is 11.7. The Kier molecular flexibility index (Phi) is 4.18. The van der Waals surface area contributed by atoms with Gasteiger partial charge in [0.05, 0.1) is 0 Å². The van der Waals surface area contributed by atoms with Crippen molar-refractivity contribution >= 4 is 5.78 Å². The molecule has 2 heteroatoms. The number of hydrogen-bond acceptors (Lipinski definition) is 2. The predicted molar refractivity (Wildman–Crippen MR) is 75.1 cm³/mol. The normalized spacial score (nSPS) is 17.9. The second kappa shape index (κ2) is 5.66. The molecule has 0 spiro atoms. The number of hydrogen-bond donors (Lipinski definition) is 0. The molecule has 1 saturated heterocycles. The van der Waals surface area contributed by atoms with Gasteiger partial charge in [0.1, 0.15) is 0 Å². The molecule has 1 aliphatic rings. The Balaban J connectivity index is 2.05. The van der Waals surface area contributed by atoms with E-state index in [1.54, 1.807) is 0 Å². The number of ketones is 1. The number of carbonyl (C=O) groups excluding carboxylic acids is 1. The predicted octanol–water partition coefficient (Wildman–Crippen LogP) is 3.22. The number of nitrogens with zero attached hydrogens (tertiary/aromatic N) is 1. The molecule has 1 unspecified atom stereocenters. The lowest BCUT2D eigenvalue weighted by atomic mass is 9.94. The molecular weight excluding hydrogens is 222 g/mol. The summed E-state index contributed by atoms with van der Waals surface area (Å²) in [5, 5.41) is 0. The Labute approximate surface area is 110 Å². The van der Waals surface area contributed by atoms with Crippen LogP contribution in [0.5, 0.6) is 0 Å². The molecule has 1 aromatic rings. The van der Waals surface area contributed by atoms with E-state index in [4.69, 9.17) is 0 Å². The number of rotatable bonds is 4. The third-order valence-corrected chi connectivity index (χ3v) is 3.83. The smallest absolute Gasteiger partial charge is 0.167 e. The molecule has 1 fully saturated rings. The van der Waals surface area contributed by atoms with Gasteiger partial charge < -0.3 is 4.90 Å². The van der Waals surface area contributed by atoms with Gasteiger partial charge in [0.15, 0.2) is 5.78 Å². The quantitative estimate of drug-likeness (QED) is 0.759. The van der Waals surface area contributed by atoms with E-state index in [1.165, 1.54) is 18.4 Å². The lowest BCUT2D eigenvalue weighted by Crippen LogP contribution is -2.29. The largest absolute Gasteiger partial charge is 0.303 e. The van der Waals surface area contributed by atoms with Crippen molar-refractivity contribution < 1.29 is 4.79 Å². The molecular formula is C16H23NO. The van der Waals surface area contributed by atoms with Crippen molar-refractivity contribution in [2.45, 2.75) is 33.6 Å². The number of benzene rings is 1. The molecule has 0 N–H and O–H groups in total. The standard InChI is InChI=1S/C16H23NO/c1-12-6-7-15(13(2)10-12)16(18)14(3)11-17-8-4-5-9-17/h6-7,10,14H,4-5,8-9,11H2,1-3H3. The molecule has 1 atom stereocenters. The molecule has 0 bridgehead atoms. The van der Waals surface area contributed by atoms with Crippen molar-refractivity contribution in [3.63, 3.8) is 0 Å². The zero-order valence-electron chi connectivity index (χ0n) is 11.7. The van der Waals surface area contributed by atoms with E-state index in [9.17, 15) is 4.79 Å². The summed E-state index contributed by atoms with van der Waals surface area (Å²) in [6, 6.07) is 6.10. The Morgan fingerprint density at radius 1 is 1.28 bits per heavy atom. The van der Waals surface area contributed by atoms with Gasteiger partial charge in [-0.1, -0.05) is 30.7 Å². The molecule has 98 valence electrons. The minimum atomic E-state index is 0.101. The average Bonchev–Trinajstić information content (AvgIpc) is 2.81. The maximum Gasteiger partial charge on any atom is 0.167 e. The van der Waals surface area contributed by atoms with Gasteiger partial charge in [0, 0.05) is 18.0 Å². The van der Waals surface area contributed by atoms with E-state index in [0.29, 0.717) is 5.78 Å². The van der Waals surface area contributed by atoms with Crippen LogP contribution in [-0.2, 0) is 0 Å². The summed E-state index contributed by atoms with van der Waals surface area (Å²) in [6.07, 6.45) is 2.56. The minimum absolute atomic E-state index is 0.101. The van der Waals surface area contributed by atoms with Crippen molar-refractivity contribution in [1.82, 2.24) is 4.90 Å². The maximum absolute atomic E-state index is 12.4. The van der Waals surface area contributed by atoms with Gasteiger partial charge in [-0.2, -0.15) is 0 Å². The van der Waals surface area contributed by atoms with Crippen LogP contribution in [0.2, 0.25) is 0 Å². The first kappa shape index (κ1) is 13.3. The topological polar surface area (TPSA) is 20.3 Å². The van der Waals surface area contributed by atoms with Crippen molar-refractivity contribution in [1.29, 1.82) is 0 Å². The fourth-order valence-electron chi connectivity index (χ4n) is 2.79. The van der Waals surface area contributed by atoms with Crippen LogP contribution >= 0.6 is 0 Å². The van der Waals surface area contributed by atoms with Crippen LogP contribution in [-0.4, -0.2) is 30.3 Å². The average molecular weight is 245 g/mol. The zero-order chi connectivity index (χ0) is 13.1. The first-order valence-corrected chi connectivity index (χ1v) is 6.92. The summed E-state index contributed by atoms with van der Waals surface area (Å²) >= 11 is 0. The molecule has 2 nitrogen and oxygen atoms in total. The third kappa shape index (κ3) is 2.99. The van der Waals surface area contributed by atoms with E-state index < -0.39 is 0 Å². The lowest BCUT2D eigenvalue weighted by Gasteiger charge is -2.20. The molecule has 1 heterocycles. The summed E-state index contributed by atoms with van der Waals surface area (Å²) in [4.78, 5) is 14.8. The third-order valence-electron chi connectivity index (χ3n) is 3.83. The van der Waals surface area contributed by atoms with Crippen LogP contribution in [0, 0.1) is 19.8 Å². The van der Waals surface area contributed by atoms with Gasteiger partial charge in [0.25, 0.3) is 0 Å². The van der Waals surface area contributed by atoms with E-state index in [0.717, 1.165) is 30.8 Å². The summed E-state index contributed by atoms with van der Waals surface area (Å²) in [6.45, 7) is 9.37. The van der Waals surface area contributed by atoms with Crippen LogP contribution in [0.1, 0.15) is 41.3 Å². The number of Topliss-reactive ketones (excluding diaryl/α,β-unsaturated/α-hetero) is 1. The summed E-state index contributed by atoms with van der Waals surface area (Å²) in [5.74, 6) is 0.393. The molecule has 0 aromatic heterocycles. The second-order valence-corrected chi connectivity index (χ2v) is 5.59. The second-order valence-electron chi connectivity index (χ2n) is 5.59. The van der Waals surface area contributed by atoms with Crippen molar-refractivity contribution in [2.24, 2.45) is 5.92 Å². The molecule has 0 aliphatic carbocycles. The summed E-state index contributed by atoms with van der Waals surface area (Å²) in [7, 11) is 0. The van der Waals surface area contributed by atoms with Crippen molar-refractivity contribution in [3.05, 3.63) is 34.9 Å². The highest BCUT2D eigenvalue weighted by Crippen LogP contribution is 2.18. The molecule has 18 heavy (non-hydrogen) atoms. The highest BCUT2D eigenvalue weighted by Gasteiger charge is 2.21. The van der Waals surface area contributed by atoms with E-state index in [-0.39, 0.29) is 5.92 Å². The highest BCUT2D eigenvalue weighted by molar-refractivity contribution is 5.99. The van der Waals surface area contributed by atoms with E-state index in [2.05, 4.69) is 24.8 Å². The first-order valence-electron chi connectivity index (χ1n) is 6.92. The van der Waals surface area contributed by atoms with E-state index in [1.807, 2.05) is 19.1 Å². The maximum atomic E-state index is 12.4. The Morgan fingerprint density at radius 3 is 2.56 bits per heavy atom. The Bertz CT molecular complexity index is 433. The van der Waals surface area contributed by atoms with Gasteiger partial charge >= 0.3 is 0 Å². The fraction of sp³-hybridized carbons (Fsp3) is 0.562. The van der Waals surface area contributed by atoms with Gasteiger partial charge in [-0.25, -0.2) is 0 Å². The van der Waals surface area contributed by atoms with Gasteiger partial charge in [0.2, 0.25) is 0 Å². The summed E-state index contributed by atoms with van der Waals surface area (Å²) in [5.41, 5.74) is 3.22. The fourth-order valence-corrected chi connectivity index (χ4v) is 2.79. The van der Waals surface area contributed by atoms with Crippen LogP contribution in [0.4, 0.5) is 0 Å². The summed E-state index contributed by atoms with van der Waals surface area (Å²) < 4.78 is 0. The Hall–Kier alpha value is -1.15. The van der Waals surface area contributed by atoms with Crippen molar-refractivity contribution in [2.75, 3.05) is 19.6 Å². The van der Waals surface area contributed by atoms with Crippen LogP contribution in [0.25, 0.3) is 0 Å². The highest BCUT2D eigenvalue weighted by atomic mass is 16.1. The van der Waals surface area contributed by atoms with Crippen molar-refractivity contribution in [3.8, 4) is 0 Å². The number of aryl methyl sites for hydroxylation is 2. The molecule has 2 rings (SSSR count). The van der Waals surface area contributed by atoms with Crippen LogP contribution in [0.15, 0.2) is 18.2 Å².